The molecule has 0 saturated heterocycles. The van der Waals surface area contributed by atoms with E-state index in [1.165, 1.54) is 225 Å². The second kappa shape index (κ2) is 69.8. The third-order valence-electron chi connectivity index (χ3n) is 18.2. The van der Waals surface area contributed by atoms with E-state index in [-0.39, 0.29) is 25.7 Å². The number of hydrogen-bond donors (Lipinski definition) is 3. The van der Waals surface area contributed by atoms with Gasteiger partial charge in [0.25, 0.3) is 0 Å². The van der Waals surface area contributed by atoms with Gasteiger partial charge in [0, 0.05) is 25.7 Å². The summed E-state index contributed by atoms with van der Waals surface area (Å²) in [4.78, 5) is 72.9. The van der Waals surface area contributed by atoms with Gasteiger partial charge in [0.1, 0.15) is 19.3 Å². The number of rotatable bonds is 77. The zero-order valence-electron chi connectivity index (χ0n) is 63.4. The molecule has 0 aliphatic heterocycles. The summed E-state index contributed by atoms with van der Waals surface area (Å²) < 4.78 is 68.6. The number of aliphatic hydroxyl groups excluding tert-OH is 1. The molecule has 0 aliphatic carbocycles. The van der Waals surface area contributed by atoms with E-state index in [4.69, 9.17) is 37.0 Å². The maximum Gasteiger partial charge on any atom is 0.472 e. The van der Waals surface area contributed by atoms with Gasteiger partial charge in [0.2, 0.25) is 0 Å². The maximum absolute atomic E-state index is 13.1. The predicted octanol–water partition coefficient (Wildman–Crippen LogP) is 23.1. The van der Waals surface area contributed by atoms with Crippen molar-refractivity contribution in [3.63, 3.8) is 0 Å². The van der Waals surface area contributed by atoms with Gasteiger partial charge < -0.3 is 33.8 Å². The monoisotopic (exact) mass is 1420 g/mol. The van der Waals surface area contributed by atoms with Gasteiger partial charge in [-0.05, 0) is 37.5 Å². The van der Waals surface area contributed by atoms with Crippen molar-refractivity contribution in [3.8, 4) is 0 Å². The lowest BCUT2D eigenvalue weighted by atomic mass is 10.0. The zero-order valence-corrected chi connectivity index (χ0v) is 65.2. The number of hydrogen-bond acceptors (Lipinski definition) is 15. The Bertz CT molecular complexity index is 1870. The molecular formula is C78H152O17P2. The zero-order chi connectivity index (χ0) is 71.4. The van der Waals surface area contributed by atoms with E-state index < -0.39 is 97.5 Å². The first kappa shape index (κ1) is 95.1. The molecule has 19 heteroatoms. The van der Waals surface area contributed by atoms with Crippen LogP contribution in [0.3, 0.4) is 0 Å². The predicted molar refractivity (Wildman–Crippen MR) is 395 cm³/mol. The lowest BCUT2D eigenvalue weighted by molar-refractivity contribution is -0.161. The van der Waals surface area contributed by atoms with Gasteiger partial charge in [-0.2, -0.15) is 0 Å². The summed E-state index contributed by atoms with van der Waals surface area (Å²) in [5.41, 5.74) is 0. The van der Waals surface area contributed by atoms with Crippen LogP contribution < -0.4 is 0 Å². The Morgan fingerprint density at radius 1 is 0.278 bits per heavy atom. The van der Waals surface area contributed by atoms with Crippen molar-refractivity contribution in [3.05, 3.63) is 0 Å². The molecule has 3 N–H and O–H groups in total. The third-order valence-corrected chi connectivity index (χ3v) is 20.1. The van der Waals surface area contributed by atoms with Crippen molar-refractivity contribution < 1.29 is 80.2 Å². The van der Waals surface area contributed by atoms with Crippen LogP contribution in [0.1, 0.15) is 408 Å². The molecule has 0 radical (unpaired) electrons. The fourth-order valence-electron chi connectivity index (χ4n) is 12.0. The average molecular weight is 1420 g/mol. The largest absolute Gasteiger partial charge is 0.472 e. The van der Waals surface area contributed by atoms with Crippen LogP contribution in [0.5, 0.6) is 0 Å². The Hall–Kier alpha value is -1.94. The lowest BCUT2D eigenvalue weighted by Crippen LogP contribution is -2.30. The maximum atomic E-state index is 13.1. The Kier molecular flexibility index (Phi) is 68.4. The average Bonchev–Trinajstić information content (AvgIpc) is 1.38. The normalized spacial score (nSPS) is 14.0. The second-order valence-corrected chi connectivity index (χ2v) is 32.0. The molecule has 0 rings (SSSR count). The highest BCUT2D eigenvalue weighted by atomic mass is 31.2. The first-order chi connectivity index (χ1) is 46.9. The summed E-state index contributed by atoms with van der Waals surface area (Å²) in [5.74, 6) is -0.547. The summed E-state index contributed by atoms with van der Waals surface area (Å²) in [6.45, 7) is 9.63. The van der Waals surface area contributed by atoms with Crippen LogP contribution in [0.4, 0.5) is 0 Å². The molecule has 0 aromatic rings. The number of carbonyl (C=O) groups excluding carboxylic acids is 4. The molecule has 0 bridgehead atoms. The third kappa shape index (κ3) is 72.2. The van der Waals surface area contributed by atoms with E-state index in [1.54, 1.807) is 0 Å². The van der Waals surface area contributed by atoms with E-state index >= 15 is 0 Å². The summed E-state index contributed by atoms with van der Waals surface area (Å²) in [6.07, 6.45) is 58.2. The van der Waals surface area contributed by atoms with E-state index in [1.807, 2.05) is 0 Å². The number of phosphoric acid groups is 2. The molecule has 0 aliphatic rings. The van der Waals surface area contributed by atoms with Crippen LogP contribution in [0.2, 0.25) is 0 Å². The van der Waals surface area contributed by atoms with Gasteiger partial charge in [0.15, 0.2) is 12.2 Å². The molecule has 17 nitrogen and oxygen atoms in total. The van der Waals surface area contributed by atoms with Gasteiger partial charge in [-0.3, -0.25) is 37.3 Å². The molecule has 0 aromatic carbocycles. The van der Waals surface area contributed by atoms with Gasteiger partial charge in [-0.15, -0.1) is 0 Å². The van der Waals surface area contributed by atoms with Gasteiger partial charge in [-0.25, -0.2) is 9.13 Å². The number of esters is 4. The van der Waals surface area contributed by atoms with Crippen LogP contribution in [-0.4, -0.2) is 96.7 Å². The van der Waals surface area contributed by atoms with Crippen molar-refractivity contribution in [2.75, 3.05) is 39.6 Å². The molecule has 5 atom stereocenters. The summed E-state index contributed by atoms with van der Waals surface area (Å²) in [6, 6.07) is 0. The lowest BCUT2D eigenvalue weighted by Gasteiger charge is -2.21. The van der Waals surface area contributed by atoms with Crippen molar-refractivity contribution in [2.45, 2.75) is 426 Å². The first-order valence-electron chi connectivity index (χ1n) is 40.5. The van der Waals surface area contributed by atoms with Crippen molar-refractivity contribution >= 4 is 39.5 Å². The van der Waals surface area contributed by atoms with E-state index in [9.17, 15) is 43.2 Å². The SMILES string of the molecule is CCCCCCCCCCCCCCC(=O)OC[C@H](COP(=O)(O)OC[C@H](O)COP(=O)(O)OC[C@@H](COC(=O)CCCCCCCCCCCC(C)C)OC(=O)CCCCCCCCCCCCCCCCCCCCC(C)C)OC(=O)CCCCCCCCCCCCCC. The van der Waals surface area contributed by atoms with E-state index in [0.29, 0.717) is 25.7 Å². The van der Waals surface area contributed by atoms with Crippen LogP contribution in [-0.2, 0) is 65.4 Å². The van der Waals surface area contributed by atoms with E-state index in [2.05, 4.69) is 41.5 Å². The quantitative estimate of drug-likeness (QED) is 0.0222. The molecule has 0 spiro atoms. The van der Waals surface area contributed by atoms with Crippen LogP contribution >= 0.6 is 15.6 Å². The topological polar surface area (TPSA) is 237 Å². The van der Waals surface area contributed by atoms with Gasteiger partial charge >= 0.3 is 39.5 Å². The molecule has 0 amide bonds. The molecule has 0 aromatic heterocycles. The number of phosphoric ester groups is 2. The molecule has 0 heterocycles. The summed E-state index contributed by atoms with van der Waals surface area (Å²) in [7, 11) is -9.91. The number of carbonyl (C=O) groups is 4. The number of ether oxygens (including phenoxy) is 4. The molecular weight excluding hydrogens is 1270 g/mol. The molecule has 0 fully saturated rings. The minimum atomic E-state index is -4.96. The second-order valence-electron chi connectivity index (χ2n) is 29.1. The Morgan fingerprint density at radius 2 is 0.474 bits per heavy atom. The number of unbranched alkanes of at least 4 members (excludes halogenated alkanes) is 47. The fraction of sp³-hybridized carbons (Fsp3) is 0.949. The van der Waals surface area contributed by atoms with Crippen LogP contribution in [0, 0.1) is 11.8 Å². The van der Waals surface area contributed by atoms with Crippen molar-refractivity contribution in [2.24, 2.45) is 11.8 Å². The fourth-order valence-corrected chi connectivity index (χ4v) is 13.6. The summed E-state index contributed by atoms with van der Waals surface area (Å²) in [5, 5.41) is 10.6. The smallest absolute Gasteiger partial charge is 0.462 e. The highest BCUT2D eigenvalue weighted by Gasteiger charge is 2.30. The molecule has 97 heavy (non-hydrogen) atoms. The molecule has 0 saturated carbocycles. The van der Waals surface area contributed by atoms with Crippen molar-refractivity contribution in [1.82, 2.24) is 0 Å². The van der Waals surface area contributed by atoms with Gasteiger partial charge in [0.05, 0.1) is 26.4 Å². The molecule has 2 unspecified atom stereocenters. The van der Waals surface area contributed by atoms with Crippen LogP contribution in [0.15, 0.2) is 0 Å². The first-order valence-corrected chi connectivity index (χ1v) is 43.5. The minimum Gasteiger partial charge on any atom is -0.462 e. The molecule has 576 valence electrons. The number of aliphatic hydroxyl groups is 1. The standard InChI is InChI=1S/C78H152O17P2/c1-7-9-11-13-15-17-19-30-36-42-48-54-60-75(80)88-66-73(94-77(82)62-56-50-44-37-31-20-18-16-14-12-10-8-2)68-92-96(84,85)90-64-72(79)65-91-97(86,87)93-69-74(67-89-76(81)61-55-49-43-39-33-35-41-47-53-59-71(5)6)95-78(83)63-57-51-45-38-32-28-26-24-22-21-23-25-27-29-34-40-46-52-58-70(3)4/h70-74,79H,7-69H2,1-6H3,(H,84,85)(H,86,87)/t72-,73+,74+/m0/s1. The van der Waals surface area contributed by atoms with Gasteiger partial charge in [-0.1, -0.05) is 356 Å². The van der Waals surface area contributed by atoms with E-state index in [0.717, 1.165) is 102 Å². The Morgan fingerprint density at radius 3 is 0.701 bits per heavy atom. The minimum absolute atomic E-state index is 0.108. The Balaban J connectivity index is 5.20. The highest BCUT2D eigenvalue weighted by Crippen LogP contribution is 2.45. The Labute approximate surface area is 594 Å². The summed E-state index contributed by atoms with van der Waals surface area (Å²) >= 11 is 0. The highest BCUT2D eigenvalue weighted by molar-refractivity contribution is 7.47. The van der Waals surface area contributed by atoms with Crippen molar-refractivity contribution in [1.29, 1.82) is 0 Å². The van der Waals surface area contributed by atoms with Crippen LogP contribution in [0.25, 0.3) is 0 Å².